The van der Waals surface area contributed by atoms with Gasteiger partial charge in [-0.3, -0.25) is 0 Å². The third-order valence-corrected chi connectivity index (χ3v) is 3.18. The van der Waals surface area contributed by atoms with Gasteiger partial charge in [0, 0.05) is 13.0 Å². The molecule has 8 nitrogen and oxygen atoms in total. The monoisotopic (exact) mass is 247 g/mol. The molecule has 0 aliphatic rings. The Kier molecular flexibility index (Phi) is 4.26. The fourth-order valence-electron chi connectivity index (χ4n) is 0.994. The van der Waals surface area contributed by atoms with Crippen molar-refractivity contribution in [3.05, 3.63) is 12.5 Å². The summed E-state index contributed by atoms with van der Waals surface area (Å²) in [7, 11) is -3.53. The molecule has 0 bridgehead atoms. The second-order valence-corrected chi connectivity index (χ2v) is 4.74. The number of rotatable bonds is 6. The van der Waals surface area contributed by atoms with E-state index in [0.717, 1.165) is 0 Å². The van der Waals surface area contributed by atoms with Crippen molar-refractivity contribution in [1.29, 1.82) is 0 Å². The van der Waals surface area contributed by atoms with Crippen LogP contribution in [0.2, 0.25) is 0 Å². The Bertz CT molecular complexity index is 439. The van der Waals surface area contributed by atoms with Crippen LogP contribution in [0, 0.1) is 0 Å². The van der Waals surface area contributed by atoms with Crippen LogP contribution in [0.5, 0.6) is 0 Å². The number of oxime groups is 1. The first-order valence-electron chi connectivity index (χ1n) is 4.50. The SMILES string of the molecule is NC(CCCNS(=O)(=O)c1cnc[nH]1)=NO. The fraction of sp³-hybridized carbons (Fsp3) is 0.429. The Hall–Kier alpha value is -1.61. The predicted molar refractivity (Wildman–Crippen MR) is 56.4 cm³/mol. The van der Waals surface area contributed by atoms with Gasteiger partial charge in [0.25, 0.3) is 10.0 Å². The Balaban J connectivity index is 2.39. The first-order valence-corrected chi connectivity index (χ1v) is 5.99. The van der Waals surface area contributed by atoms with Gasteiger partial charge in [0.2, 0.25) is 0 Å². The van der Waals surface area contributed by atoms with Gasteiger partial charge in [-0.2, -0.15) is 0 Å². The lowest BCUT2D eigenvalue weighted by Gasteiger charge is -2.03. The van der Waals surface area contributed by atoms with E-state index in [0.29, 0.717) is 12.8 Å². The van der Waals surface area contributed by atoms with Crippen LogP contribution in [0.25, 0.3) is 0 Å². The van der Waals surface area contributed by atoms with Gasteiger partial charge in [-0.15, -0.1) is 0 Å². The average Bonchev–Trinajstić information content (AvgIpc) is 2.78. The van der Waals surface area contributed by atoms with E-state index >= 15 is 0 Å². The zero-order valence-corrected chi connectivity index (χ0v) is 9.24. The minimum absolute atomic E-state index is 0.0105. The number of hydrogen-bond acceptors (Lipinski definition) is 5. The van der Waals surface area contributed by atoms with Gasteiger partial charge in [-0.05, 0) is 6.42 Å². The van der Waals surface area contributed by atoms with E-state index in [9.17, 15) is 8.42 Å². The Labute approximate surface area is 92.6 Å². The first kappa shape index (κ1) is 12.5. The van der Waals surface area contributed by atoms with Gasteiger partial charge in [0.05, 0.1) is 12.5 Å². The van der Waals surface area contributed by atoms with Crippen molar-refractivity contribution in [1.82, 2.24) is 14.7 Å². The van der Waals surface area contributed by atoms with Crippen LogP contribution in [0.1, 0.15) is 12.8 Å². The number of H-pyrrole nitrogens is 1. The average molecular weight is 247 g/mol. The Morgan fingerprint density at radius 2 is 2.44 bits per heavy atom. The molecule has 0 aromatic carbocycles. The molecule has 0 unspecified atom stereocenters. The maximum Gasteiger partial charge on any atom is 0.257 e. The van der Waals surface area contributed by atoms with E-state index in [1.807, 2.05) is 0 Å². The highest BCUT2D eigenvalue weighted by atomic mass is 32.2. The highest BCUT2D eigenvalue weighted by Crippen LogP contribution is 2.01. The van der Waals surface area contributed by atoms with Crippen molar-refractivity contribution in [2.45, 2.75) is 17.9 Å². The normalized spacial score (nSPS) is 12.9. The summed E-state index contributed by atoms with van der Waals surface area (Å²) in [6.45, 7) is 0.206. The molecule has 0 aliphatic heterocycles. The molecular weight excluding hydrogens is 234 g/mol. The van der Waals surface area contributed by atoms with E-state index in [1.165, 1.54) is 12.5 Å². The molecule has 5 N–H and O–H groups in total. The molecule has 1 rings (SSSR count). The summed E-state index contributed by atoms with van der Waals surface area (Å²) in [5.74, 6) is 0.0701. The number of sulfonamides is 1. The molecule has 0 saturated carbocycles. The predicted octanol–water partition coefficient (Wildman–Crippen LogP) is -0.785. The van der Waals surface area contributed by atoms with Crippen molar-refractivity contribution >= 4 is 15.9 Å². The van der Waals surface area contributed by atoms with Crippen molar-refractivity contribution in [3.8, 4) is 0 Å². The van der Waals surface area contributed by atoms with E-state index in [-0.39, 0.29) is 17.4 Å². The standard InChI is InChI=1S/C7H13N5O3S/c8-6(12-13)2-1-3-11-16(14,15)7-4-9-5-10-7/h4-5,11,13H,1-3H2,(H2,8,12)(H,9,10). The smallest absolute Gasteiger partial charge is 0.257 e. The second kappa shape index (κ2) is 5.47. The number of hydrogen-bond donors (Lipinski definition) is 4. The van der Waals surface area contributed by atoms with Crippen LogP contribution in [0.4, 0.5) is 0 Å². The molecule has 0 radical (unpaired) electrons. The summed E-state index contributed by atoms with van der Waals surface area (Å²) in [5.41, 5.74) is 5.22. The summed E-state index contributed by atoms with van der Waals surface area (Å²) < 4.78 is 25.4. The molecule has 9 heteroatoms. The molecule has 1 aromatic heterocycles. The van der Waals surface area contributed by atoms with Gasteiger partial charge in [-0.1, -0.05) is 5.16 Å². The van der Waals surface area contributed by atoms with Crippen LogP contribution in [0.3, 0.4) is 0 Å². The minimum atomic E-state index is -3.53. The molecule has 0 atom stereocenters. The molecular formula is C7H13N5O3S. The highest BCUT2D eigenvalue weighted by Gasteiger charge is 2.14. The maximum absolute atomic E-state index is 11.5. The second-order valence-electron chi connectivity index (χ2n) is 3.01. The third kappa shape index (κ3) is 3.51. The minimum Gasteiger partial charge on any atom is -0.409 e. The molecule has 1 heterocycles. The topological polar surface area (TPSA) is 133 Å². The van der Waals surface area contributed by atoms with Gasteiger partial charge < -0.3 is 15.9 Å². The molecule has 0 spiro atoms. The van der Waals surface area contributed by atoms with Crippen molar-refractivity contribution < 1.29 is 13.6 Å². The number of aromatic amines is 1. The highest BCUT2D eigenvalue weighted by molar-refractivity contribution is 7.89. The number of nitrogens with two attached hydrogens (primary N) is 1. The zero-order chi connectivity index (χ0) is 12.0. The third-order valence-electron chi connectivity index (χ3n) is 1.79. The summed E-state index contributed by atoms with van der Waals surface area (Å²) in [5, 5.41) is 11.0. The van der Waals surface area contributed by atoms with Crippen LogP contribution >= 0.6 is 0 Å². The van der Waals surface area contributed by atoms with Crippen molar-refractivity contribution in [3.63, 3.8) is 0 Å². The van der Waals surface area contributed by atoms with Crippen LogP contribution in [0.15, 0.2) is 22.7 Å². The maximum atomic E-state index is 11.5. The van der Waals surface area contributed by atoms with Gasteiger partial charge >= 0.3 is 0 Å². The zero-order valence-electron chi connectivity index (χ0n) is 8.42. The largest absolute Gasteiger partial charge is 0.409 e. The molecule has 0 saturated heterocycles. The van der Waals surface area contributed by atoms with E-state index < -0.39 is 10.0 Å². The first-order chi connectivity index (χ1) is 7.56. The number of nitrogens with one attached hydrogen (secondary N) is 2. The molecule has 90 valence electrons. The fourth-order valence-corrected chi connectivity index (χ4v) is 1.97. The van der Waals surface area contributed by atoms with Crippen LogP contribution in [-0.4, -0.2) is 36.0 Å². The van der Waals surface area contributed by atoms with Gasteiger partial charge in [0.15, 0.2) is 5.03 Å². The lowest BCUT2D eigenvalue weighted by Crippen LogP contribution is -2.26. The molecule has 1 aromatic rings. The summed E-state index contributed by atoms with van der Waals surface area (Å²) in [4.78, 5) is 6.10. The van der Waals surface area contributed by atoms with Crippen LogP contribution in [-0.2, 0) is 10.0 Å². The summed E-state index contributed by atoms with van der Waals surface area (Å²) in [6, 6.07) is 0. The van der Waals surface area contributed by atoms with E-state index in [1.54, 1.807) is 0 Å². The van der Waals surface area contributed by atoms with E-state index in [2.05, 4.69) is 19.8 Å². The Morgan fingerprint density at radius 1 is 1.69 bits per heavy atom. The van der Waals surface area contributed by atoms with Gasteiger partial charge in [0.1, 0.15) is 5.84 Å². The quantitative estimate of drug-likeness (QED) is 0.172. The lowest BCUT2D eigenvalue weighted by atomic mass is 10.3. The number of amidine groups is 1. The summed E-state index contributed by atoms with van der Waals surface area (Å²) >= 11 is 0. The van der Waals surface area contributed by atoms with Crippen molar-refractivity contribution in [2.75, 3.05) is 6.54 Å². The lowest BCUT2D eigenvalue weighted by molar-refractivity contribution is 0.316. The summed E-state index contributed by atoms with van der Waals surface area (Å²) in [6.07, 6.45) is 3.27. The van der Waals surface area contributed by atoms with Gasteiger partial charge in [-0.25, -0.2) is 18.1 Å². The number of aromatic nitrogens is 2. The van der Waals surface area contributed by atoms with Crippen LogP contribution < -0.4 is 10.5 Å². The molecule has 0 amide bonds. The molecule has 0 fully saturated rings. The number of imidazole rings is 1. The van der Waals surface area contributed by atoms with E-state index in [4.69, 9.17) is 10.9 Å². The Morgan fingerprint density at radius 3 is 3.00 bits per heavy atom. The molecule has 0 aliphatic carbocycles. The molecule has 16 heavy (non-hydrogen) atoms. The number of nitrogens with zero attached hydrogens (tertiary/aromatic N) is 2. The van der Waals surface area contributed by atoms with Crippen molar-refractivity contribution in [2.24, 2.45) is 10.9 Å².